The highest BCUT2D eigenvalue weighted by Gasteiger charge is 2.32. The van der Waals surface area contributed by atoms with Gasteiger partial charge in [-0.1, -0.05) is 29.8 Å². The molecule has 0 spiro atoms. The van der Waals surface area contributed by atoms with Gasteiger partial charge in [-0.3, -0.25) is 4.90 Å². The largest absolute Gasteiger partial charge is 0.379 e. The molecule has 2 aliphatic rings. The highest BCUT2D eigenvalue weighted by Crippen LogP contribution is 2.21. The van der Waals surface area contributed by atoms with E-state index in [1.807, 2.05) is 31.2 Å². The minimum atomic E-state index is -3.25. The summed E-state index contributed by atoms with van der Waals surface area (Å²) in [6.07, 6.45) is 2.02. The maximum Gasteiger partial charge on any atom is 0.218 e. The van der Waals surface area contributed by atoms with E-state index in [1.54, 1.807) is 4.31 Å². The molecule has 5 nitrogen and oxygen atoms in total. The first kappa shape index (κ1) is 16.9. The topological polar surface area (TPSA) is 49.9 Å². The molecule has 6 heteroatoms. The van der Waals surface area contributed by atoms with Crippen molar-refractivity contribution in [3.63, 3.8) is 0 Å². The molecule has 2 saturated heterocycles. The normalized spacial score (nSPS) is 24.7. The van der Waals surface area contributed by atoms with Crippen molar-refractivity contribution in [3.05, 3.63) is 35.4 Å². The summed E-state index contributed by atoms with van der Waals surface area (Å²) in [6.45, 7) is 6.60. The molecule has 2 fully saturated rings. The molecule has 1 aromatic carbocycles. The van der Waals surface area contributed by atoms with Crippen molar-refractivity contribution in [3.8, 4) is 0 Å². The average Bonchev–Trinajstić information content (AvgIpc) is 2.55. The third-order valence-corrected chi connectivity index (χ3v) is 6.56. The number of morpholine rings is 1. The van der Waals surface area contributed by atoms with Crippen LogP contribution >= 0.6 is 0 Å². The fraction of sp³-hybridized carbons (Fsp3) is 0.647. The molecule has 0 amide bonds. The molecule has 3 rings (SSSR count). The second-order valence-corrected chi connectivity index (χ2v) is 8.52. The molecule has 2 heterocycles. The molecular formula is C17H26N2O3S. The molecule has 0 saturated carbocycles. The molecule has 1 aromatic rings. The van der Waals surface area contributed by atoms with Crippen LogP contribution in [0.4, 0.5) is 0 Å². The number of piperidine rings is 1. The molecule has 0 radical (unpaired) electrons. The number of aryl methyl sites for hydroxylation is 1. The maximum absolute atomic E-state index is 12.8. The van der Waals surface area contributed by atoms with Gasteiger partial charge >= 0.3 is 0 Å². The van der Waals surface area contributed by atoms with E-state index in [0.29, 0.717) is 19.1 Å². The molecule has 2 aliphatic heterocycles. The zero-order valence-electron chi connectivity index (χ0n) is 13.8. The lowest BCUT2D eigenvalue weighted by Crippen LogP contribution is -2.52. The van der Waals surface area contributed by atoms with Gasteiger partial charge in [0.05, 0.1) is 19.0 Å². The van der Waals surface area contributed by atoms with E-state index in [0.717, 1.165) is 50.3 Å². The first-order chi connectivity index (χ1) is 11.0. The predicted molar refractivity (Wildman–Crippen MR) is 90.8 cm³/mol. The highest BCUT2D eigenvalue weighted by molar-refractivity contribution is 7.88. The van der Waals surface area contributed by atoms with Crippen LogP contribution in [-0.4, -0.2) is 63.1 Å². The summed E-state index contributed by atoms with van der Waals surface area (Å²) < 4.78 is 32.6. The molecule has 0 aliphatic carbocycles. The van der Waals surface area contributed by atoms with Crippen molar-refractivity contribution in [2.45, 2.75) is 31.6 Å². The molecule has 128 valence electrons. The van der Waals surface area contributed by atoms with Crippen molar-refractivity contribution in [2.24, 2.45) is 0 Å². The molecule has 1 atom stereocenters. The SMILES string of the molecule is Cc1cccc(CS(=O)(=O)N2CCCC(N3CCOCC3)C2)c1. The monoisotopic (exact) mass is 338 g/mol. The Morgan fingerprint density at radius 2 is 2.00 bits per heavy atom. The van der Waals surface area contributed by atoms with Crippen LogP contribution in [0, 0.1) is 6.92 Å². The van der Waals surface area contributed by atoms with E-state index >= 15 is 0 Å². The van der Waals surface area contributed by atoms with Gasteiger partial charge in [-0.05, 0) is 25.3 Å². The summed E-state index contributed by atoms with van der Waals surface area (Å²) >= 11 is 0. The second-order valence-electron chi connectivity index (χ2n) is 6.55. The summed E-state index contributed by atoms with van der Waals surface area (Å²) in [7, 11) is -3.25. The van der Waals surface area contributed by atoms with Gasteiger partial charge in [0.1, 0.15) is 0 Å². The zero-order valence-corrected chi connectivity index (χ0v) is 14.6. The van der Waals surface area contributed by atoms with Crippen LogP contribution in [0.1, 0.15) is 24.0 Å². The van der Waals surface area contributed by atoms with Crippen LogP contribution in [0.15, 0.2) is 24.3 Å². The van der Waals surface area contributed by atoms with Crippen molar-refractivity contribution < 1.29 is 13.2 Å². The predicted octanol–water partition coefficient (Wildman–Crippen LogP) is 1.62. The van der Waals surface area contributed by atoms with Crippen molar-refractivity contribution in [2.75, 3.05) is 39.4 Å². The van der Waals surface area contributed by atoms with Gasteiger partial charge in [0.2, 0.25) is 10.0 Å². The van der Waals surface area contributed by atoms with Crippen LogP contribution in [0.2, 0.25) is 0 Å². The number of rotatable bonds is 4. The molecule has 1 unspecified atom stereocenters. The Morgan fingerprint density at radius 3 is 2.74 bits per heavy atom. The Morgan fingerprint density at radius 1 is 1.22 bits per heavy atom. The van der Waals surface area contributed by atoms with E-state index in [2.05, 4.69) is 4.90 Å². The number of benzene rings is 1. The fourth-order valence-electron chi connectivity index (χ4n) is 3.52. The van der Waals surface area contributed by atoms with Gasteiger partial charge in [0.15, 0.2) is 0 Å². The minimum Gasteiger partial charge on any atom is -0.379 e. The van der Waals surface area contributed by atoms with Crippen molar-refractivity contribution in [1.82, 2.24) is 9.21 Å². The molecule has 0 aromatic heterocycles. The Balaban J connectivity index is 1.66. The Bertz CT molecular complexity index is 626. The number of ether oxygens (including phenoxy) is 1. The quantitative estimate of drug-likeness (QED) is 0.837. The van der Waals surface area contributed by atoms with Crippen LogP contribution in [-0.2, 0) is 20.5 Å². The van der Waals surface area contributed by atoms with Crippen molar-refractivity contribution in [1.29, 1.82) is 0 Å². The molecule has 0 N–H and O–H groups in total. The smallest absolute Gasteiger partial charge is 0.218 e. The third-order valence-electron chi connectivity index (χ3n) is 4.75. The van der Waals surface area contributed by atoms with Gasteiger partial charge in [0, 0.05) is 32.2 Å². The summed E-state index contributed by atoms with van der Waals surface area (Å²) in [5.41, 5.74) is 1.97. The lowest BCUT2D eigenvalue weighted by molar-refractivity contribution is 0.00537. The summed E-state index contributed by atoms with van der Waals surface area (Å²) in [6, 6.07) is 8.10. The first-order valence-corrected chi connectivity index (χ1v) is 10.0. The van der Waals surface area contributed by atoms with Gasteiger partial charge in [-0.2, -0.15) is 0 Å². The third kappa shape index (κ3) is 4.32. The standard InChI is InChI=1S/C17H26N2O3S/c1-15-4-2-5-16(12-15)14-23(20,21)19-7-3-6-17(13-19)18-8-10-22-11-9-18/h2,4-5,12,17H,3,6-11,13-14H2,1H3. The van der Waals surface area contributed by atoms with Gasteiger partial charge in [-0.25, -0.2) is 12.7 Å². The lowest BCUT2D eigenvalue weighted by Gasteiger charge is -2.40. The number of nitrogens with zero attached hydrogens (tertiary/aromatic N) is 2. The van der Waals surface area contributed by atoms with Gasteiger partial charge < -0.3 is 4.74 Å². The van der Waals surface area contributed by atoms with E-state index in [4.69, 9.17) is 4.74 Å². The minimum absolute atomic E-state index is 0.102. The zero-order chi connectivity index (χ0) is 16.3. The number of hydrogen-bond acceptors (Lipinski definition) is 4. The number of sulfonamides is 1. The Kier molecular flexibility index (Phi) is 5.36. The van der Waals surface area contributed by atoms with Crippen LogP contribution < -0.4 is 0 Å². The molecular weight excluding hydrogens is 312 g/mol. The van der Waals surface area contributed by atoms with Crippen LogP contribution in [0.5, 0.6) is 0 Å². The van der Waals surface area contributed by atoms with E-state index in [9.17, 15) is 8.42 Å². The summed E-state index contributed by atoms with van der Waals surface area (Å²) in [5, 5.41) is 0. The Labute approximate surface area is 139 Å². The average molecular weight is 338 g/mol. The van der Waals surface area contributed by atoms with Crippen LogP contribution in [0.3, 0.4) is 0 Å². The summed E-state index contributed by atoms with van der Waals surface area (Å²) in [4.78, 5) is 2.39. The number of hydrogen-bond donors (Lipinski definition) is 0. The highest BCUT2D eigenvalue weighted by atomic mass is 32.2. The second kappa shape index (κ2) is 7.30. The fourth-order valence-corrected chi connectivity index (χ4v) is 5.11. The summed E-state index contributed by atoms with van der Waals surface area (Å²) in [5.74, 6) is 0.102. The van der Waals surface area contributed by atoms with E-state index in [1.165, 1.54) is 0 Å². The van der Waals surface area contributed by atoms with E-state index < -0.39 is 10.0 Å². The molecule has 23 heavy (non-hydrogen) atoms. The lowest BCUT2D eigenvalue weighted by atomic mass is 10.1. The first-order valence-electron chi connectivity index (χ1n) is 8.40. The van der Waals surface area contributed by atoms with Gasteiger partial charge in [0.25, 0.3) is 0 Å². The van der Waals surface area contributed by atoms with Crippen LogP contribution in [0.25, 0.3) is 0 Å². The van der Waals surface area contributed by atoms with E-state index in [-0.39, 0.29) is 5.75 Å². The molecule has 0 bridgehead atoms. The maximum atomic E-state index is 12.8. The Hall–Kier alpha value is -0.950. The van der Waals surface area contributed by atoms with Gasteiger partial charge in [-0.15, -0.1) is 0 Å². The van der Waals surface area contributed by atoms with Crippen molar-refractivity contribution >= 4 is 10.0 Å².